The first-order chi connectivity index (χ1) is 5.12. The minimum atomic E-state index is -2.98. The Morgan fingerprint density at radius 2 is 1.36 bits per heavy atom. The van der Waals surface area contributed by atoms with Crippen molar-refractivity contribution in [2.45, 2.75) is 39.5 Å². The summed E-state index contributed by atoms with van der Waals surface area (Å²) >= 11 is 0. The van der Waals surface area contributed by atoms with Crippen molar-refractivity contribution >= 4 is 7.37 Å². The third-order valence-corrected chi connectivity index (χ3v) is 3.70. The maximum atomic E-state index is 11.2. The molecule has 0 amide bonds. The molecule has 11 heavy (non-hydrogen) atoms. The molecule has 2 nitrogen and oxygen atoms in total. The Morgan fingerprint density at radius 1 is 1.00 bits per heavy atom. The van der Waals surface area contributed by atoms with Crippen LogP contribution in [0.1, 0.15) is 39.5 Å². The van der Waals surface area contributed by atoms with Crippen molar-refractivity contribution in [1.29, 1.82) is 0 Å². The third kappa shape index (κ3) is 6.58. The lowest BCUT2D eigenvalue weighted by Gasteiger charge is -2.06. The lowest BCUT2D eigenvalue weighted by molar-refractivity contribution is 0.406. The highest BCUT2D eigenvalue weighted by molar-refractivity contribution is 7.57. The van der Waals surface area contributed by atoms with Crippen LogP contribution < -0.4 is 0 Å². The lowest BCUT2D eigenvalue weighted by atomic mass is 10.4. The Balaban J connectivity index is 3.53. The third-order valence-electron chi connectivity index (χ3n) is 1.70. The fourth-order valence-corrected chi connectivity index (χ4v) is 2.73. The summed E-state index contributed by atoms with van der Waals surface area (Å²) in [6.07, 6.45) is 4.40. The van der Waals surface area contributed by atoms with Crippen LogP contribution in [0.2, 0.25) is 0 Å². The molecule has 0 aromatic rings. The van der Waals surface area contributed by atoms with Gasteiger partial charge >= 0.3 is 0 Å². The summed E-state index contributed by atoms with van der Waals surface area (Å²) in [5.74, 6) is 0. The molecular formula is C8H18O2P. The number of rotatable bonds is 6. The van der Waals surface area contributed by atoms with Crippen LogP contribution in [0.15, 0.2) is 0 Å². The standard InChI is InChI=1S/C8H18O2P/c1-3-5-7-11(9,10)8-6-4-2/h3-8H2,1-2H3. The van der Waals surface area contributed by atoms with Crippen LogP contribution in [-0.2, 0) is 9.46 Å². The molecule has 0 rings (SSSR count). The van der Waals surface area contributed by atoms with E-state index in [1.54, 1.807) is 0 Å². The van der Waals surface area contributed by atoms with Crippen molar-refractivity contribution in [2.75, 3.05) is 12.3 Å². The van der Waals surface area contributed by atoms with Crippen molar-refractivity contribution < 1.29 is 9.46 Å². The molecule has 3 heteroatoms. The average molecular weight is 177 g/mol. The molecule has 1 radical (unpaired) electrons. The quantitative estimate of drug-likeness (QED) is 0.573. The Hall–Kier alpha value is 0.190. The molecule has 0 heterocycles. The van der Waals surface area contributed by atoms with Gasteiger partial charge in [-0.1, -0.05) is 26.7 Å². The minimum absolute atomic E-state index is 0.406. The Bertz CT molecular complexity index is 122. The molecule has 0 bridgehead atoms. The Labute approximate surface area is 69.5 Å². The maximum absolute atomic E-state index is 11.2. The second-order valence-electron chi connectivity index (χ2n) is 2.97. The first kappa shape index (κ1) is 11.2. The second-order valence-corrected chi connectivity index (χ2v) is 5.49. The average Bonchev–Trinajstić information content (AvgIpc) is 1.97. The van der Waals surface area contributed by atoms with Crippen LogP contribution in [-0.4, -0.2) is 12.3 Å². The van der Waals surface area contributed by atoms with Crippen LogP contribution in [0.3, 0.4) is 0 Å². The fraction of sp³-hybridized carbons (Fsp3) is 1.00. The predicted molar refractivity (Wildman–Crippen MR) is 47.8 cm³/mol. The number of unbranched alkanes of at least 4 members (excludes halogenated alkanes) is 2. The lowest BCUT2D eigenvalue weighted by Crippen LogP contribution is -1.92. The summed E-state index contributed by atoms with van der Waals surface area (Å²) in [6.45, 7) is 4.03. The number of hydrogen-bond donors (Lipinski definition) is 0. The van der Waals surface area contributed by atoms with Gasteiger partial charge in [0.2, 0.25) is 7.37 Å². The molecular weight excluding hydrogens is 159 g/mol. The predicted octanol–water partition coefficient (Wildman–Crippen LogP) is 3.30. The molecule has 0 fully saturated rings. The minimum Gasteiger partial charge on any atom is -0.290 e. The van der Waals surface area contributed by atoms with Crippen LogP contribution in [0.4, 0.5) is 0 Å². The normalized spacial score (nSPS) is 11.9. The van der Waals surface area contributed by atoms with E-state index in [0.29, 0.717) is 12.3 Å². The van der Waals surface area contributed by atoms with Gasteiger partial charge < -0.3 is 0 Å². The summed E-state index contributed by atoms with van der Waals surface area (Å²) in [5.41, 5.74) is 0. The van der Waals surface area contributed by atoms with E-state index in [1.165, 1.54) is 0 Å². The zero-order valence-corrected chi connectivity index (χ0v) is 8.40. The topological polar surface area (TPSA) is 37.0 Å². The van der Waals surface area contributed by atoms with Crippen molar-refractivity contribution in [3.8, 4) is 0 Å². The Morgan fingerprint density at radius 3 is 1.64 bits per heavy atom. The van der Waals surface area contributed by atoms with Crippen LogP contribution in [0, 0.1) is 0 Å². The van der Waals surface area contributed by atoms with Crippen LogP contribution in [0.5, 0.6) is 0 Å². The fourth-order valence-electron chi connectivity index (χ4n) is 0.910. The van der Waals surface area contributed by atoms with Gasteiger partial charge in [0.05, 0.1) is 0 Å². The van der Waals surface area contributed by atoms with E-state index in [-0.39, 0.29) is 0 Å². The van der Waals surface area contributed by atoms with E-state index in [9.17, 15) is 9.46 Å². The molecule has 0 N–H and O–H groups in total. The monoisotopic (exact) mass is 177 g/mol. The highest BCUT2D eigenvalue weighted by Gasteiger charge is 2.17. The first-order valence-electron chi connectivity index (χ1n) is 4.41. The molecule has 67 valence electrons. The Kier molecular flexibility index (Phi) is 5.89. The van der Waals surface area contributed by atoms with Gasteiger partial charge in [0, 0.05) is 12.3 Å². The molecule has 0 unspecified atom stereocenters. The second kappa shape index (κ2) is 5.79. The van der Waals surface area contributed by atoms with E-state index >= 15 is 0 Å². The van der Waals surface area contributed by atoms with Gasteiger partial charge in [-0.2, -0.15) is 4.89 Å². The highest BCUT2D eigenvalue weighted by Crippen LogP contribution is 2.43. The van der Waals surface area contributed by atoms with E-state index < -0.39 is 7.37 Å². The summed E-state index contributed by atoms with van der Waals surface area (Å²) in [4.78, 5) is 11.2. The van der Waals surface area contributed by atoms with Gasteiger partial charge in [0.15, 0.2) is 0 Å². The molecule has 0 aromatic carbocycles. The van der Waals surface area contributed by atoms with Gasteiger partial charge in [-0.3, -0.25) is 4.57 Å². The molecule has 0 aliphatic heterocycles. The van der Waals surface area contributed by atoms with Gasteiger partial charge in [-0.05, 0) is 12.8 Å². The van der Waals surface area contributed by atoms with Crippen LogP contribution >= 0.6 is 7.37 Å². The molecule has 0 aromatic heterocycles. The van der Waals surface area contributed by atoms with Crippen molar-refractivity contribution in [2.24, 2.45) is 0 Å². The van der Waals surface area contributed by atoms with E-state index in [1.807, 2.05) is 13.8 Å². The summed E-state index contributed by atoms with van der Waals surface area (Å²) in [5, 5.41) is 0. The summed E-state index contributed by atoms with van der Waals surface area (Å²) in [7, 11) is -2.98. The summed E-state index contributed by atoms with van der Waals surface area (Å²) in [6, 6.07) is 0. The maximum Gasteiger partial charge on any atom is 0.236 e. The number of hydrogen-bond acceptors (Lipinski definition) is 1. The molecule has 0 saturated heterocycles. The zero-order chi connectivity index (χ0) is 8.74. The molecule has 0 aliphatic rings. The SMILES string of the molecule is CCCCP([O])(=O)CCCC. The van der Waals surface area contributed by atoms with E-state index in [4.69, 9.17) is 0 Å². The van der Waals surface area contributed by atoms with E-state index in [2.05, 4.69) is 0 Å². The molecule has 0 aliphatic carbocycles. The molecule has 0 spiro atoms. The van der Waals surface area contributed by atoms with Crippen molar-refractivity contribution in [1.82, 2.24) is 0 Å². The molecule has 0 saturated carbocycles. The van der Waals surface area contributed by atoms with Crippen molar-refractivity contribution in [3.63, 3.8) is 0 Å². The van der Waals surface area contributed by atoms with Gasteiger partial charge in [-0.25, -0.2) is 0 Å². The highest BCUT2D eigenvalue weighted by atomic mass is 31.2. The van der Waals surface area contributed by atoms with Crippen molar-refractivity contribution in [3.05, 3.63) is 0 Å². The first-order valence-corrected chi connectivity index (χ1v) is 6.41. The smallest absolute Gasteiger partial charge is 0.236 e. The van der Waals surface area contributed by atoms with Gasteiger partial charge in [0.25, 0.3) is 0 Å². The van der Waals surface area contributed by atoms with Gasteiger partial charge in [0.1, 0.15) is 0 Å². The molecule has 0 atom stereocenters. The van der Waals surface area contributed by atoms with E-state index in [0.717, 1.165) is 25.7 Å². The van der Waals surface area contributed by atoms with Gasteiger partial charge in [-0.15, -0.1) is 0 Å². The zero-order valence-electron chi connectivity index (χ0n) is 7.51. The van der Waals surface area contributed by atoms with Crippen LogP contribution in [0.25, 0.3) is 0 Å². The largest absolute Gasteiger partial charge is 0.290 e. The summed E-state index contributed by atoms with van der Waals surface area (Å²) < 4.78 is 11.2.